The number of rotatable bonds is 5. The van der Waals surface area contributed by atoms with Crippen LogP contribution in [0.3, 0.4) is 0 Å². The van der Waals surface area contributed by atoms with Gasteiger partial charge in [0.1, 0.15) is 0 Å². The molecule has 1 aromatic rings. The van der Waals surface area contributed by atoms with Crippen molar-refractivity contribution < 1.29 is 0 Å². The Labute approximate surface area is 98.2 Å². The lowest BCUT2D eigenvalue weighted by Gasteiger charge is -2.42. The van der Waals surface area contributed by atoms with Gasteiger partial charge in [-0.3, -0.25) is 0 Å². The molecular formula is C14H22N2. The van der Waals surface area contributed by atoms with Crippen molar-refractivity contribution in [2.24, 2.45) is 0 Å². The Bertz CT molecular complexity index is 337. The van der Waals surface area contributed by atoms with E-state index in [9.17, 15) is 0 Å². The Morgan fingerprint density at radius 1 is 1.38 bits per heavy atom. The maximum atomic E-state index is 5.76. The van der Waals surface area contributed by atoms with Gasteiger partial charge < -0.3 is 11.1 Å². The molecule has 0 radical (unpaired) electrons. The van der Waals surface area contributed by atoms with E-state index >= 15 is 0 Å². The zero-order valence-electron chi connectivity index (χ0n) is 10.1. The van der Waals surface area contributed by atoms with Gasteiger partial charge in [0, 0.05) is 11.2 Å². The van der Waals surface area contributed by atoms with Crippen LogP contribution in [0.1, 0.15) is 38.2 Å². The third-order valence-corrected chi connectivity index (χ3v) is 3.85. The van der Waals surface area contributed by atoms with E-state index in [-0.39, 0.29) is 0 Å². The first-order chi connectivity index (χ1) is 7.74. The first-order valence-corrected chi connectivity index (χ1v) is 6.33. The number of nitrogen functional groups attached to an aromatic ring is 1. The van der Waals surface area contributed by atoms with Crippen LogP contribution in [-0.2, 0) is 6.42 Å². The third kappa shape index (κ3) is 2.56. The van der Waals surface area contributed by atoms with Crippen LogP contribution in [0, 0.1) is 0 Å². The van der Waals surface area contributed by atoms with Crippen LogP contribution in [0.15, 0.2) is 24.3 Å². The molecule has 0 bridgehead atoms. The predicted molar refractivity (Wildman–Crippen MR) is 69.4 cm³/mol. The van der Waals surface area contributed by atoms with Crippen LogP contribution in [0.5, 0.6) is 0 Å². The van der Waals surface area contributed by atoms with Gasteiger partial charge in [-0.15, -0.1) is 0 Å². The van der Waals surface area contributed by atoms with Crippen molar-refractivity contribution in [1.29, 1.82) is 0 Å². The van der Waals surface area contributed by atoms with E-state index in [2.05, 4.69) is 24.4 Å². The minimum Gasteiger partial charge on any atom is -0.399 e. The molecule has 1 aromatic carbocycles. The van der Waals surface area contributed by atoms with E-state index in [0.29, 0.717) is 5.54 Å². The molecule has 3 N–H and O–H groups in total. The molecule has 0 saturated heterocycles. The van der Waals surface area contributed by atoms with Gasteiger partial charge in [0.15, 0.2) is 0 Å². The summed E-state index contributed by atoms with van der Waals surface area (Å²) in [5.74, 6) is 0. The molecule has 0 unspecified atom stereocenters. The van der Waals surface area contributed by atoms with Gasteiger partial charge in [0.05, 0.1) is 0 Å². The molecule has 1 fully saturated rings. The van der Waals surface area contributed by atoms with Gasteiger partial charge in [0.2, 0.25) is 0 Å². The molecule has 0 aromatic heterocycles. The van der Waals surface area contributed by atoms with Gasteiger partial charge in [-0.05, 0) is 56.3 Å². The lowest BCUT2D eigenvalue weighted by Crippen LogP contribution is -2.51. The molecule has 88 valence electrons. The third-order valence-electron chi connectivity index (χ3n) is 3.85. The lowest BCUT2D eigenvalue weighted by atomic mass is 9.75. The second-order valence-electron chi connectivity index (χ2n) is 4.91. The van der Waals surface area contributed by atoms with E-state index in [4.69, 9.17) is 5.73 Å². The quantitative estimate of drug-likeness (QED) is 0.746. The summed E-state index contributed by atoms with van der Waals surface area (Å²) in [7, 11) is 0. The Hall–Kier alpha value is -1.02. The van der Waals surface area contributed by atoms with E-state index in [1.54, 1.807) is 0 Å². The average molecular weight is 218 g/mol. The lowest BCUT2D eigenvalue weighted by molar-refractivity contribution is 0.179. The first kappa shape index (κ1) is 11.5. The van der Waals surface area contributed by atoms with Gasteiger partial charge in [0.25, 0.3) is 0 Å². The monoisotopic (exact) mass is 218 g/mol. The average Bonchev–Trinajstić information content (AvgIpc) is 2.22. The van der Waals surface area contributed by atoms with Crippen LogP contribution in [0.2, 0.25) is 0 Å². The molecule has 2 rings (SSSR count). The van der Waals surface area contributed by atoms with E-state index in [0.717, 1.165) is 18.7 Å². The molecule has 16 heavy (non-hydrogen) atoms. The smallest absolute Gasteiger partial charge is 0.0316 e. The van der Waals surface area contributed by atoms with Crippen molar-refractivity contribution in [2.75, 3.05) is 12.3 Å². The normalized spacial score (nSPS) is 18.1. The second kappa shape index (κ2) is 4.88. The Balaban J connectivity index is 1.79. The van der Waals surface area contributed by atoms with Gasteiger partial charge in [-0.25, -0.2) is 0 Å². The fourth-order valence-electron chi connectivity index (χ4n) is 2.48. The van der Waals surface area contributed by atoms with Crippen LogP contribution in [0.4, 0.5) is 5.69 Å². The van der Waals surface area contributed by atoms with Crippen LogP contribution < -0.4 is 11.1 Å². The summed E-state index contributed by atoms with van der Waals surface area (Å²) in [6, 6.07) is 8.19. The summed E-state index contributed by atoms with van der Waals surface area (Å²) in [5.41, 5.74) is 8.42. The fourth-order valence-corrected chi connectivity index (χ4v) is 2.48. The van der Waals surface area contributed by atoms with Crippen LogP contribution >= 0.6 is 0 Å². The zero-order chi connectivity index (χ0) is 11.4. The summed E-state index contributed by atoms with van der Waals surface area (Å²) >= 11 is 0. The number of hydrogen-bond donors (Lipinski definition) is 2. The Kier molecular flexibility index (Phi) is 3.49. The summed E-state index contributed by atoms with van der Waals surface area (Å²) in [5, 5.41) is 3.71. The van der Waals surface area contributed by atoms with Crippen molar-refractivity contribution in [1.82, 2.24) is 5.32 Å². The summed E-state index contributed by atoms with van der Waals surface area (Å²) in [4.78, 5) is 0. The number of hydrogen-bond acceptors (Lipinski definition) is 2. The standard InChI is InChI=1S/C14H22N2/c1-2-14(8-4-9-14)16-10-7-12-5-3-6-13(15)11-12/h3,5-6,11,16H,2,4,7-10,15H2,1H3. The molecule has 0 atom stereocenters. The van der Waals surface area contributed by atoms with Crippen LogP contribution in [0.25, 0.3) is 0 Å². The van der Waals surface area contributed by atoms with Crippen molar-refractivity contribution in [2.45, 2.75) is 44.6 Å². The summed E-state index contributed by atoms with van der Waals surface area (Å²) in [6.45, 7) is 3.35. The Morgan fingerprint density at radius 3 is 2.75 bits per heavy atom. The van der Waals surface area contributed by atoms with E-state index in [1.165, 1.54) is 31.2 Å². The molecule has 0 aliphatic heterocycles. The van der Waals surface area contributed by atoms with E-state index in [1.807, 2.05) is 12.1 Å². The molecule has 2 nitrogen and oxygen atoms in total. The summed E-state index contributed by atoms with van der Waals surface area (Å²) < 4.78 is 0. The van der Waals surface area contributed by atoms with Gasteiger partial charge in [-0.2, -0.15) is 0 Å². The molecule has 1 aliphatic rings. The largest absolute Gasteiger partial charge is 0.399 e. The number of benzene rings is 1. The highest BCUT2D eigenvalue weighted by Gasteiger charge is 2.33. The minimum atomic E-state index is 0.459. The highest BCUT2D eigenvalue weighted by molar-refractivity contribution is 5.40. The van der Waals surface area contributed by atoms with Crippen LogP contribution in [-0.4, -0.2) is 12.1 Å². The van der Waals surface area contributed by atoms with Gasteiger partial charge >= 0.3 is 0 Å². The molecule has 1 saturated carbocycles. The molecule has 0 heterocycles. The number of nitrogens with two attached hydrogens (primary N) is 1. The zero-order valence-corrected chi connectivity index (χ0v) is 10.1. The maximum absolute atomic E-state index is 5.76. The van der Waals surface area contributed by atoms with Crippen molar-refractivity contribution in [3.63, 3.8) is 0 Å². The highest BCUT2D eigenvalue weighted by atomic mass is 15.0. The SMILES string of the molecule is CCC1(NCCc2cccc(N)c2)CCC1. The Morgan fingerprint density at radius 2 is 2.19 bits per heavy atom. The molecule has 1 aliphatic carbocycles. The van der Waals surface area contributed by atoms with Crippen molar-refractivity contribution in [3.05, 3.63) is 29.8 Å². The predicted octanol–water partition coefficient (Wildman–Crippen LogP) is 2.73. The topological polar surface area (TPSA) is 38.0 Å². The van der Waals surface area contributed by atoms with Crippen molar-refractivity contribution in [3.8, 4) is 0 Å². The first-order valence-electron chi connectivity index (χ1n) is 6.33. The molecule has 2 heteroatoms. The van der Waals surface area contributed by atoms with E-state index < -0.39 is 0 Å². The van der Waals surface area contributed by atoms with Gasteiger partial charge in [-0.1, -0.05) is 19.1 Å². The fraction of sp³-hybridized carbons (Fsp3) is 0.571. The van der Waals surface area contributed by atoms with Crippen molar-refractivity contribution >= 4 is 5.69 Å². The second-order valence-corrected chi connectivity index (χ2v) is 4.91. The minimum absolute atomic E-state index is 0.459. The maximum Gasteiger partial charge on any atom is 0.0316 e. The number of anilines is 1. The highest BCUT2D eigenvalue weighted by Crippen LogP contribution is 2.34. The molecule has 0 spiro atoms. The molecular weight excluding hydrogens is 196 g/mol. The summed E-state index contributed by atoms with van der Waals surface area (Å²) in [6.07, 6.45) is 6.41. The molecule has 0 amide bonds. The number of nitrogens with one attached hydrogen (secondary N) is 1.